The van der Waals surface area contributed by atoms with Gasteiger partial charge in [0.15, 0.2) is 0 Å². The Morgan fingerprint density at radius 1 is 1.20 bits per heavy atom. The van der Waals surface area contributed by atoms with Crippen molar-refractivity contribution in [2.75, 3.05) is 18.0 Å². The third-order valence-corrected chi connectivity index (χ3v) is 4.78. The molecular formula is C20H23N3O2. The standard InChI is InChI=1S/C20H23N3O2/c1-3-20(2,16-9-5-4-6-10-16)22-18(24)15-8-7-11-17(14-15)23-13-12-21-19(23)25/h4-11,14H,3,12-13H2,1-2H3,(H,21,25)(H,22,24)/t20-/m0/s1. The van der Waals surface area contributed by atoms with Crippen molar-refractivity contribution in [1.29, 1.82) is 0 Å². The van der Waals surface area contributed by atoms with E-state index in [0.717, 1.165) is 17.7 Å². The molecule has 0 aliphatic carbocycles. The Bertz CT molecular complexity index is 776. The highest BCUT2D eigenvalue weighted by Crippen LogP contribution is 2.25. The first-order chi connectivity index (χ1) is 12.0. The zero-order valence-electron chi connectivity index (χ0n) is 14.6. The Morgan fingerprint density at radius 2 is 1.96 bits per heavy atom. The maximum Gasteiger partial charge on any atom is 0.321 e. The van der Waals surface area contributed by atoms with E-state index in [1.54, 1.807) is 17.0 Å². The highest BCUT2D eigenvalue weighted by atomic mass is 16.2. The molecule has 25 heavy (non-hydrogen) atoms. The number of urea groups is 1. The topological polar surface area (TPSA) is 61.4 Å². The summed E-state index contributed by atoms with van der Waals surface area (Å²) in [5.41, 5.74) is 1.91. The second-order valence-electron chi connectivity index (χ2n) is 6.44. The molecule has 2 N–H and O–H groups in total. The number of hydrogen-bond acceptors (Lipinski definition) is 2. The van der Waals surface area contributed by atoms with Crippen LogP contribution in [0.4, 0.5) is 10.5 Å². The van der Waals surface area contributed by atoms with Gasteiger partial charge in [0.2, 0.25) is 0 Å². The van der Waals surface area contributed by atoms with Gasteiger partial charge in [-0.15, -0.1) is 0 Å². The molecule has 5 nitrogen and oxygen atoms in total. The van der Waals surface area contributed by atoms with Crippen LogP contribution in [0.2, 0.25) is 0 Å². The number of benzene rings is 2. The lowest BCUT2D eigenvalue weighted by molar-refractivity contribution is 0.0902. The average molecular weight is 337 g/mol. The second kappa shape index (κ2) is 6.97. The normalized spacial score (nSPS) is 16.2. The van der Waals surface area contributed by atoms with E-state index in [0.29, 0.717) is 18.7 Å². The fourth-order valence-corrected chi connectivity index (χ4v) is 3.03. The maximum absolute atomic E-state index is 12.8. The Hall–Kier alpha value is -2.82. The molecule has 2 aromatic carbocycles. The molecule has 0 radical (unpaired) electrons. The van der Waals surface area contributed by atoms with Crippen LogP contribution in [0.3, 0.4) is 0 Å². The van der Waals surface area contributed by atoms with E-state index >= 15 is 0 Å². The first-order valence-electron chi connectivity index (χ1n) is 8.57. The van der Waals surface area contributed by atoms with Crippen molar-refractivity contribution < 1.29 is 9.59 Å². The van der Waals surface area contributed by atoms with Gasteiger partial charge in [0.1, 0.15) is 0 Å². The quantitative estimate of drug-likeness (QED) is 0.879. The van der Waals surface area contributed by atoms with Crippen molar-refractivity contribution in [2.45, 2.75) is 25.8 Å². The van der Waals surface area contributed by atoms with Crippen molar-refractivity contribution in [3.05, 3.63) is 65.7 Å². The number of amides is 3. The van der Waals surface area contributed by atoms with E-state index in [9.17, 15) is 9.59 Å². The summed E-state index contributed by atoms with van der Waals surface area (Å²) in [6.45, 7) is 5.31. The van der Waals surface area contributed by atoms with Crippen molar-refractivity contribution in [1.82, 2.24) is 10.6 Å². The summed E-state index contributed by atoms with van der Waals surface area (Å²) in [6, 6.07) is 17.0. The summed E-state index contributed by atoms with van der Waals surface area (Å²) in [6.07, 6.45) is 0.775. The third-order valence-electron chi connectivity index (χ3n) is 4.78. The minimum atomic E-state index is -0.445. The molecule has 1 aliphatic rings. The van der Waals surface area contributed by atoms with E-state index in [-0.39, 0.29) is 11.9 Å². The highest BCUT2D eigenvalue weighted by Gasteiger charge is 2.27. The number of carbonyl (C=O) groups excluding carboxylic acids is 2. The molecule has 0 saturated carbocycles. The number of carbonyl (C=O) groups is 2. The van der Waals surface area contributed by atoms with Crippen LogP contribution < -0.4 is 15.5 Å². The first-order valence-corrected chi connectivity index (χ1v) is 8.57. The van der Waals surface area contributed by atoms with E-state index in [4.69, 9.17) is 0 Å². The predicted octanol–water partition coefficient (Wildman–Crippen LogP) is 3.27. The van der Waals surface area contributed by atoms with Crippen LogP contribution in [0.15, 0.2) is 54.6 Å². The fraction of sp³-hybridized carbons (Fsp3) is 0.300. The maximum atomic E-state index is 12.8. The number of hydrogen-bond donors (Lipinski definition) is 2. The van der Waals surface area contributed by atoms with Crippen LogP contribution in [0.5, 0.6) is 0 Å². The minimum Gasteiger partial charge on any atom is -0.343 e. The van der Waals surface area contributed by atoms with Crippen molar-refractivity contribution in [2.24, 2.45) is 0 Å². The van der Waals surface area contributed by atoms with Crippen LogP contribution in [0.25, 0.3) is 0 Å². The summed E-state index contributed by atoms with van der Waals surface area (Å²) < 4.78 is 0. The fourth-order valence-electron chi connectivity index (χ4n) is 3.03. The molecule has 0 bridgehead atoms. The molecular weight excluding hydrogens is 314 g/mol. The van der Waals surface area contributed by atoms with Crippen molar-refractivity contribution >= 4 is 17.6 Å². The lowest BCUT2D eigenvalue weighted by atomic mass is 9.89. The van der Waals surface area contributed by atoms with Crippen LogP contribution in [-0.2, 0) is 5.54 Å². The van der Waals surface area contributed by atoms with Gasteiger partial charge in [0.05, 0.1) is 5.54 Å². The smallest absolute Gasteiger partial charge is 0.321 e. The molecule has 1 aliphatic heterocycles. The minimum absolute atomic E-state index is 0.125. The molecule has 1 atom stereocenters. The number of nitrogens with zero attached hydrogens (tertiary/aromatic N) is 1. The molecule has 2 aromatic rings. The van der Waals surface area contributed by atoms with Gasteiger partial charge in [-0.3, -0.25) is 9.69 Å². The lowest BCUT2D eigenvalue weighted by Gasteiger charge is -2.30. The van der Waals surface area contributed by atoms with E-state index in [2.05, 4.69) is 17.6 Å². The lowest BCUT2D eigenvalue weighted by Crippen LogP contribution is -2.43. The van der Waals surface area contributed by atoms with E-state index in [1.165, 1.54) is 0 Å². The van der Waals surface area contributed by atoms with Gasteiger partial charge < -0.3 is 10.6 Å². The third kappa shape index (κ3) is 3.50. The number of nitrogens with one attached hydrogen (secondary N) is 2. The van der Waals surface area contributed by atoms with Gasteiger partial charge in [-0.25, -0.2) is 4.79 Å². The van der Waals surface area contributed by atoms with E-state index < -0.39 is 5.54 Å². The highest BCUT2D eigenvalue weighted by molar-refractivity contribution is 5.98. The largest absolute Gasteiger partial charge is 0.343 e. The van der Waals surface area contributed by atoms with Crippen LogP contribution in [0, 0.1) is 0 Å². The van der Waals surface area contributed by atoms with Crippen LogP contribution >= 0.6 is 0 Å². The summed E-state index contributed by atoms with van der Waals surface area (Å²) in [7, 11) is 0. The Labute approximate surface area is 148 Å². The van der Waals surface area contributed by atoms with Gasteiger partial charge in [-0.2, -0.15) is 0 Å². The van der Waals surface area contributed by atoms with Crippen LogP contribution in [0.1, 0.15) is 36.2 Å². The number of rotatable bonds is 5. The molecule has 0 aromatic heterocycles. The molecule has 0 spiro atoms. The number of anilines is 1. The van der Waals surface area contributed by atoms with Gasteiger partial charge >= 0.3 is 6.03 Å². The summed E-state index contributed by atoms with van der Waals surface area (Å²) in [5, 5.41) is 5.92. The van der Waals surface area contributed by atoms with Gasteiger partial charge in [-0.05, 0) is 37.1 Å². The second-order valence-corrected chi connectivity index (χ2v) is 6.44. The molecule has 1 fully saturated rings. The van der Waals surface area contributed by atoms with Gasteiger partial charge in [0, 0.05) is 24.3 Å². The van der Waals surface area contributed by atoms with E-state index in [1.807, 2.05) is 49.4 Å². The molecule has 0 unspecified atom stereocenters. The summed E-state index contributed by atoms with van der Waals surface area (Å²) >= 11 is 0. The van der Waals surface area contributed by atoms with Crippen molar-refractivity contribution in [3.8, 4) is 0 Å². The van der Waals surface area contributed by atoms with Crippen LogP contribution in [-0.4, -0.2) is 25.0 Å². The molecule has 3 amide bonds. The molecule has 1 heterocycles. The Kier molecular flexibility index (Phi) is 4.74. The van der Waals surface area contributed by atoms with Gasteiger partial charge in [0.25, 0.3) is 5.91 Å². The zero-order valence-corrected chi connectivity index (χ0v) is 14.6. The monoisotopic (exact) mass is 337 g/mol. The predicted molar refractivity (Wildman–Crippen MR) is 98.7 cm³/mol. The molecule has 5 heteroatoms. The SMILES string of the molecule is CC[C@](C)(NC(=O)c1cccc(N2CCNC2=O)c1)c1ccccc1. The summed E-state index contributed by atoms with van der Waals surface area (Å²) in [5.74, 6) is -0.144. The first kappa shape index (κ1) is 17.0. The Balaban J connectivity index is 1.82. The molecule has 130 valence electrons. The molecule has 1 saturated heterocycles. The zero-order chi connectivity index (χ0) is 17.9. The Morgan fingerprint density at radius 3 is 2.60 bits per heavy atom. The summed E-state index contributed by atoms with van der Waals surface area (Å²) in [4.78, 5) is 26.3. The average Bonchev–Trinajstić information content (AvgIpc) is 3.08. The molecule has 3 rings (SSSR count). The van der Waals surface area contributed by atoms with Gasteiger partial charge in [-0.1, -0.05) is 43.3 Å². The van der Waals surface area contributed by atoms with Crippen molar-refractivity contribution in [3.63, 3.8) is 0 Å².